The van der Waals surface area contributed by atoms with E-state index in [-0.39, 0.29) is 17.8 Å². The summed E-state index contributed by atoms with van der Waals surface area (Å²) in [6.45, 7) is 8.69. The Hall–Kier alpha value is -2.50. The van der Waals surface area contributed by atoms with Gasteiger partial charge in [-0.15, -0.1) is 0 Å². The summed E-state index contributed by atoms with van der Waals surface area (Å²) in [7, 11) is 0. The number of hydrogen-bond donors (Lipinski definition) is 3. The SMILES string of the molecule is Cc1ccc(NC(=O)[C@@H](C)[NH+]2CC[NH+](C/C=C/c3ccccc3)CC2)cc1F. The van der Waals surface area contributed by atoms with Crippen LogP contribution in [-0.4, -0.2) is 44.7 Å². The topological polar surface area (TPSA) is 38.0 Å². The van der Waals surface area contributed by atoms with E-state index in [2.05, 4.69) is 29.6 Å². The predicted octanol–water partition coefficient (Wildman–Crippen LogP) is 0.958. The van der Waals surface area contributed by atoms with Crippen LogP contribution >= 0.6 is 0 Å². The zero-order valence-corrected chi connectivity index (χ0v) is 16.7. The fraction of sp³-hybridized carbons (Fsp3) is 0.348. The van der Waals surface area contributed by atoms with Crippen molar-refractivity contribution >= 4 is 17.7 Å². The Bertz CT molecular complexity index is 814. The molecule has 2 aromatic rings. The van der Waals surface area contributed by atoms with Crippen LogP contribution < -0.4 is 15.1 Å². The Morgan fingerprint density at radius 2 is 1.86 bits per heavy atom. The third kappa shape index (κ3) is 5.50. The van der Waals surface area contributed by atoms with E-state index in [1.807, 2.05) is 25.1 Å². The number of benzene rings is 2. The molecule has 0 bridgehead atoms. The van der Waals surface area contributed by atoms with E-state index in [1.165, 1.54) is 16.5 Å². The Balaban J connectivity index is 1.45. The molecule has 1 fully saturated rings. The first-order valence-electron chi connectivity index (χ1n) is 9.99. The summed E-state index contributed by atoms with van der Waals surface area (Å²) in [4.78, 5) is 15.4. The molecule has 148 valence electrons. The van der Waals surface area contributed by atoms with Crippen molar-refractivity contribution in [2.45, 2.75) is 19.9 Å². The number of halogens is 1. The Kier molecular flexibility index (Phi) is 6.95. The zero-order chi connectivity index (χ0) is 19.9. The molecular weight excluding hydrogens is 353 g/mol. The van der Waals surface area contributed by atoms with Gasteiger partial charge in [-0.25, -0.2) is 4.39 Å². The van der Waals surface area contributed by atoms with Gasteiger partial charge >= 0.3 is 0 Å². The number of carbonyl (C=O) groups excluding carboxylic acids is 1. The molecule has 0 radical (unpaired) electrons. The van der Waals surface area contributed by atoms with Crippen molar-refractivity contribution in [3.05, 3.63) is 71.6 Å². The standard InChI is InChI=1S/C23H28FN3O/c1-18-10-11-21(17-22(18)24)25-23(28)19(2)27-15-13-26(14-16-27)12-6-9-20-7-4-3-5-8-20/h3-11,17,19H,12-16H2,1-2H3,(H,25,28)/p+2/b9-6+/t19-/m1/s1. The molecular formula is C23H30FN3O+2. The van der Waals surface area contributed by atoms with Crippen molar-refractivity contribution in [3.8, 4) is 0 Å². The minimum atomic E-state index is -0.293. The van der Waals surface area contributed by atoms with Crippen LogP contribution in [0.5, 0.6) is 0 Å². The second-order valence-corrected chi connectivity index (χ2v) is 7.60. The number of quaternary nitrogens is 2. The number of rotatable bonds is 6. The molecule has 3 rings (SSSR count). The molecule has 1 aliphatic rings. The van der Waals surface area contributed by atoms with Gasteiger partial charge < -0.3 is 15.1 Å². The smallest absolute Gasteiger partial charge is 0.282 e. The summed E-state index contributed by atoms with van der Waals surface area (Å²) in [5, 5.41) is 2.85. The van der Waals surface area contributed by atoms with E-state index in [0.29, 0.717) is 11.3 Å². The number of anilines is 1. The van der Waals surface area contributed by atoms with Gasteiger partial charge in [0.2, 0.25) is 0 Å². The number of piperazine rings is 1. The maximum absolute atomic E-state index is 13.7. The second-order valence-electron chi connectivity index (χ2n) is 7.60. The lowest BCUT2D eigenvalue weighted by atomic mass is 10.2. The van der Waals surface area contributed by atoms with Crippen LogP contribution in [-0.2, 0) is 4.79 Å². The highest BCUT2D eigenvalue weighted by molar-refractivity contribution is 5.93. The number of nitrogens with one attached hydrogen (secondary N) is 3. The summed E-state index contributed by atoms with van der Waals surface area (Å²) in [5.74, 6) is -0.343. The molecule has 0 spiro atoms. The third-order valence-electron chi connectivity index (χ3n) is 5.56. The van der Waals surface area contributed by atoms with E-state index >= 15 is 0 Å². The van der Waals surface area contributed by atoms with Gasteiger partial charge in [0.25, 0.3) is 5.91 Å². The normalized spacial score (nSPS) is 20.8. The highest BCUT2D eigenvalue weighted by Gasteiger charge is 2.30. The first kappa shape index (κ1) is 20.2. The average molecular weight is 384 g/mol. The monoisotopic (exact) mass is 383 g/mol. The molecule has 0 aliphatic carbocycles. The van der Waals surface area contributed by atoms with E-state index in [1.54, 1.807) is 24.0 Å². The molecule has 0 unspecified atom stereocenters. The van der Waals surface area contributed by atoms with Gasteiger partial charge in [-0.2, -0.15) is 0 Å². The minimum absolute atomic E-state index is 0.0503. The van der Waals surface area contributed by atoms with Crippen molar-refractivity contribution in [2.24, 2.45) is 0 Å². The summed E-state index contributed by atoms with van der Waals surface area (Å²) in [6.07, 6.45) is 4.40. The van der Waals surface area contributed by atoms with Crippen LogP contribution in [0.25, 0.3) is 6.08 Å². The van der Waals surface area contributed by atoms with Crippen LogP contribution in [0.3, 0.4) is 0 Å². The van der Waals surface area contributed by atoms with E-state index in [0.717, 1.165) is 32.7 Å². The summed E-state index contributed by atoms with van der Waals surface area (Å²) >= 11 is 0. The molecule has 1 saturated heterocycles. The van der Waals surface area contributed by atoms with E-state index in [4.69, 9.17) is 0 Å². The molecule has 0 saturated carbocycles. The van der Waals surface area contributed by atoms with Gasteiger partial charge in [0.05, 0.1) is 6.54 Å². The molecule has 3 N–H and O–H groups in total. The number of hydrogen-bond acceptors (Lipinski definition) is 1. The summed E-state index contributed by atoms with van der Waals surface area (Å²) in [5.41, 5.74) is 2.33. The van der Waals surface area contributed by atoms with Gasteiger partial charge in [0.15, 0.2) is 6.04 Å². The molecule has 5 heteroatoms. The van der Waals surface area contributed by atoms with Gasteiger partial charge in [0.1, 0.15) is 32.0 Å². The van der Waals surface area contributed by atoms with Gasteiger partial charge in [-0.3, -0.25) is 4.79 Å². The van der Waals surface area contributed by atoms with Gasteiger partial charge in [0, 0.05) is 5.69 Å². The predicted molar refractivity (Wildman–Crippen MR) is 111 cm³/mol. The van der Waals surface area contributed by atoms with Crippen LogP contribution in [0.1, 0.15) is 18.1 Å². The van der Waals surface area contributed by atoms with Gasteiger partial charge in [-0.05, 0) is 43.2 Å². The molecule has 1 heterocycles. The lowest BCUT2D eigenvalue weighted by Crippen LogP contribution is -3.29. The maximum atomic E-state index is 13.7. The number of amides is 1. The first-order chi connectivity index (χ1) is 13.5. The van der Waals surface area contributed by atoms with Crippen molar-refractivity contribution in [3.63, 3.8) is 0 Å². The number of aryl methyl sites for hydroxylation is 1. The van der Waals surface area contributed by atoms with Crippen molar-refractivity contribution in [2.75, 3.05) is 38.0 Å². The molecule has 28 heavy (non-hydrogen) atoms. The Labute approximate surface area is 166 Å². The fourth-order valence-electron chi connectivity index (χ4n) is 3.59. The fourth-order valence-corrected chi connectivity index (χ4v) is 3.59. The van der Waals surface area contributed by atoms with Crippen LogP contribution in [0, 0.1) is 12.7 Å². The first-order valence-corrected chi connectivity index (χ1v) is 9.99. The molecule has 1 atom stereocenters. The highest BCUT2D eigenvalue weighted by atomic mass is 19.1. The molecule has 1 aliphatic heterocycles. The largest absolute Gasteiger partial charge is 0.322 e. The highest BCUT2D eigenvalue weighted by Crippen LogP contribution is 2.13. The lowest BCUT2D eigenvalue weighted by Gasteiger charge is -2.32. The second kappa shape index (κ2) is 9.62. The summed E-state index contributed by atoms with van der Waals surface area (Å²) < 4.78 is 13.7. The minimum Gasteiger partial charge on any atom is -0.322 e. The van der Waals surface area contributed by atoms with E-state index < -0.39 is 0 Å². The maximum Gasteiger partial charge on any atom is 0.282 e. The van der Waals surface area contributed by atoms with Crippen LogP contribution in [0.2, 0.25) is 0 Å². The third-order valence-corrected chi connectivity index (χ3v) is 5.56. The Morgan fingerprint density at radius 1 is 1.14 bits per heavy atom. The Morgan fingerprint density at radius 3 is 2.54 bits per heavy atom. The van der Waals surface area contributed by atoms with Crippen molar-refractivity contribution in [1.82, 2.24) is 0 Å². The van der Waals surface area contributed by atoms with Crippen LogP contribution in [0.4, 0.5) is 10.1 Å². The van der Waals surface area contributed by atoms with Crippen molar-refractivity contribution < 1.29 is 19.0 Å². The summed E-state index contributed by atoms with van der Waals surface area (Å²) in [6, 6.07) is 15.0. The quantitative estimate of drug-likeness (QED) is 0.683. The van der Waals surface area contributed by atoms with E-state index in [9.17, 15) is 9.18 Å². The molecule has 4 nitrogen and oxygen atoms in total. The lowest BCUT2D eigenvalue weighted by molar-refractivity contribution is -1.02. The van der Waals surface area contributed by atoms with Crippen LogP contribution in [0.15, 0.2) is 54.6 Å². The number of carbonyl (C=O) groups is 1. The molecule has 2 aromatic carbocycles. The zero-order valence-electron chi connectivity index (χ0n) is 16.7. The molecule has 1 amide bonds. The van der Waals surface area contributed by atoms with Gasteiger partial charge in [-0.1, -0.05) is 42.5 Å². The van der Waals surface area contributed by atoms with Crippen molar-refractivity contribution in [1.29, 1.82) is 0 Å². The molecule has 0 aromatic heterocycles. The average Bonchev–Trinajstić information content (AvgIpc) is 2.71.